The van der Waals surface area contributed by atoms with Crippen molar-refractivity contribution in [2.24, 2.45) is 5.73 Å². The van der Waals surface area contributed by atoms with Crippen LogP contribution in [-0.4, -0.2) is 49.3 Å². The van der Waals surface area contributed by atoms with Gasteiger partial charge in [-0.15, -0.1) is 0 Å². The average molecular weight is 726 g/mol. The van der Waals surface area contributed by atoms with Crippen molar-refractivity contribution in [3.8, 4) is 0 Å². The molecule has 0 aliphatic rings. The molecule has 0 amide bonds. The summed E-state index contributed by atoms with van der Waals surface area (Å²) in [6, 6.07) is 0. The van der Waals surface area contributed by atoms with Crippen LogP contribution in [0, 0.1) is 0 Å². The number of unbranched alkanes of at least 4 members (excludes halogenated alkanes) is 15. The topological polar surface area (TPSA) is 134 Å². The number of ether oxygens (including phenoxy) is 2. The first-order valence-electron chi connectivity index (χ1n) is 19.6. The molecule has 0 radical (unpaired) electrons. The van der Waals surface area contributed by atoms with Gasteiger partial charge >= 0.3 is 19.8 Å². The zero-order valence-electron chi connectivity index (χ0n) is 31.6. The molecule has 0 fully saturated rings. The van der Waals surface area contributed by atoms with E-state index in [4.69, 9.17) is 24.3 Å². The van der Waals surface area contributed by atoms with Crippen molar-refractivity contribution in [3.05, 3.63) is 48.6 Å². The van der Waals surface area contributed by atoms with Crippen molar-refractivity contribution in [3.63, 3.8) is 0 Å². The second-order valence-corrected chi connectivity index (χ2v) is 14.2. The summed E-state index contributed by atoms with van der Waals surface area (Å²) in [5.41, 5.74) is 5.33. The average Bonchev–Trinajstić information content (AvgIpc) is 3.10. The lowest BCUT2D eigenvalue weighted by molar-refractivity contribution is -0.161. The maximum Gasteiger partial charge on any atom is 0.472 e. The number of carbonyl (C=O) groups excluding carboxylic acids is 2. The quantitative estimate of drug-likeness (QED) is 0.0280. The molecule has 3 N–H and O–H groups in total. The number of hydrogen-bond donors (Lipinski definition) is 2. The lowest BCUT2D eigenvalue weighted by Crippen LogP contribution is -2.29. The van der Waals surface area contributed by atoms with Gasteiger partial charge in [-0.2, -0.15) is 0 Å². The van der Waals surface area contributed by atoms with Crippen LogP contribution in [0.25, 0.3) is 0 Å². The summed E-state index contributed by atoms with van der Waals surface area (Å²) in [4.78, 5) is 34.7. The first-order valence-corrected chi connectivity index (χ1v) is 21.1. The summed E-state index contributed by atoms with van der Waals surface area (Å²) in [7, 11) is -4.38. The first-order chi connectivity index (χ1) is 24.3. The van der Waals surface area contributed by atoms with E-state index >= 15 is 0 Å². The van der Waals surface area contributed by atoms with E-state index in [1.54, 1.807) is 0 Å². The zero-order valence-corrected chi connectivity index (χ0v) is 32.5. The van der Waals surface area contributed by atoms with Crippen molar-refractivity contribution in [2.45, 2.75) is 168 Å². The molecule has 0 aliphatic heterocycles. The third kappa shape index (κ3) is 35.8. The molecule has 2 atom stereocenters. The van der Waals surface area contributed by atoms with Crippen LogP contribution in [0.5, 0.6) is 0 Å². The lowest BCUT2D eigenvalue weighted by atomic mass is 10.1. The Kier molecular flexibility index (Phi) is 35.3. The minimum Gasteiger partial charge on any atom is -0.462 e. The molecule has 0 aromatic carbocycles. The molecule has 1 unspecified atom stereocenters. The van der Waals surface area contributed by atoms with Crippen LogP contribution in [-0.2, 0) is 32.7 Å². The van der Waals surface area contributed by atoms with Gasteiger partial charge in [0.15, 0.2) is 6.10 Å². The van der Waals surface area contributed by atoms with Gasteiger partial charge < -0.3 is 20.1 Å². The van der Waals surface area contributed by atoms with E-state index in [9.17, 15) is 19.0 Å². The maximum atomic E-state index is 12.5. The van der Waals surface area contributed by atoms with Gasteiger partial charge in [-0.1, -0.05) is 127 Å². The number of phosphoric acid groups is 1. The van der Waals surface area contributed by atoms with Crippen LogP contribution >= 0.6 is 7.82 Å². The molecular formula is C40H72NO8P. The molecule has 50 heavy (non-hydrogen) atoms. The molecule has 0 heterocycles. The summed E-state index contributed by atoms with van der Waals surface area (Å²) < 4.78 is 32.6. The summed E-state index contributed by atoms with van der Waals surface area (Å²) in [6.45, 7) is 3.56. The molecule has 0 saturated carbocycles. The Morgan fingerprint density at radius 1 is 0.620 bits per heavy atom. The van der Waals surface area contributed by atoms with Crippen LogP contribution in [0.15, 0.2) is 48.6 Å². The molecule has 0 rings (SSSR count). The molecule has 10 heteroatoms. The number of allylic oxidation sites excluding steroid dienone is 8. The highest BCUT2D eigenvalue weighted by atomic mass is 31.2. The second kappa shape index (κ2) is 36.8. The SMILES string of the molecule is CC/C=C/C/C=C/C/C=C/CCCCCCCC(=O)O[C@H](COC(=O)CCCCCCC/C=C/CCCCCCC)COP(=O)(O)OCCN. The fourth-order valence-electron chi connectivity index (χ4n) is 5.05. The van der Waals surface area contributed by atoms with Crippen LogP contribution in [0.2, 0.25) is 0 Å². The van der Waals surface area contributed by atoms with Crippen LogP contribution in [0.1, 0.15) is 162 Å². The second-order valence-electron chi connectivity index (χ2n) is 12.8. The van der Waals surface area contributed by atoms with Crippen molar-refractivity contribution in [1.29, 1.82) is 0 Å². The lowest BCUT2D eigenvalue weighted by Gasteiger charge is -2.19. The Balaban J connectivity index is 4.26. The smallest absolute Gasteiger partial charge is 0.462 e. The Bertz CT molecular complexity index is 965. The third-order valence-corrected chi connectivity index (χ3v) is 8.93. The molecule has 290 valence electrons. The molecule has 0 aromatic rings. The van der Waals surface area contributed by atoms with Crippen molar-refractivity contribution in [1.82, 2.24) is 0 Å². The Morgan fingerprint density at radius 3 is 1.66 bits per heavy atom. The predicted molar refractivity (Wildman–Crippen MR) is 206 cm³/mol. The molecular weight excluding hydrogens is 653 g/mol. The maximum absolute atomic E-state index is 12.5. The summed E-state index contributed by atoms with van der Waals surface area (Å²) >= 11 is 0. The van der Waals surface area contributed by atoms with Gasteiger partial charge in [0.05, 0.1) is 13.2 Å². The number of rotatable bonds is 36. The number of esters is 2. The highest BCUT2D eigenvalue weighted by molar-refractivity contribution is 7.47. The fourth-order valence-corrected chi connectivity index (χ4v) is 5.82. The Labute approximate surface area is 305 Å². The minimum atomic E-state index is -4.38. The normalized spacial score (nSPS) is 13.9. The van der Waals surface area contributed by atoms with E-state index in [0.29, 0.717) is 6.42 Å². The minimum absolute atomic E-state index is 0.0476. The highest BCUT2D eigenvalue weighted by Crippen LogP contribution is 2.43. The number of hydrogen-bond acceptors (Lipinski definition) is 8. The summed E-state index contributed by atoms with van der Waals surface area (Å²) in [5, 5.41) is 0. The van der Waals surface area contributed by atoms with E-state index in [0.717, 1.165) is 89.9 Å². The molecule has 0 bridgehead atoms. The van der Waals surface area contributed by atoms with Gasteiger partial charge in [-0.25, -0.2) is 4.57 Å². The van der Waals surface area contributed by atoms with Gasteiger partial charge in [-0.3, -0.25) is 18.6 Å². The van der Waals surface area contributed by atoms with E-state index in [2.05, 4.69) is 62.5 Å². The first kappa shape index (κ1) is 48.0. The van der Waals surface area contributed by atoms with Crippen molar-refractivity contribution >= 4 is 19.8 Å². The molecule has 0 saturated heterocycles. The predicted octanol–water partition coefficient (Wildman–Crippen LogP) is 10.8. The number of nitrogens with two attached hydrogens (primary N) is 1. The number of phosphoric ester groups is 1. The van der Waals surface area contributed by atoms with E-state index in [-0.39, 0.29) is 32.6 Å². The van der Waals surface area contributed by atoms with Gasteiger partial charge in [0, 0.05) is 19.4 Å². The Hall–Kier alpha value is -2.03. The van der Waals surface area contributed by atoms with E-state index in [1.165, 1.54) is 38.5 Å². The molecule has 0 aliphatic carbocycles. The van der Waals surface area contributed by atoms with E-state index < -0.39 is 32.5 Å². The number of carbonyl (C=O) groups is 2. The third-order valence-electron chi connectivity index (χ3n) is 7.95. The summed E-state index contributed by atoms with van der Waals surface area (Å²) in [6.07, 6.45) is 39.9. The van der Waals surface area contributed by atoms with Gasteiger partial charge in [0.25, 0.3) is 0 Å². The van der Waals surface area contributed by atoms with Gasteiger partial charge in [0.1, 0.15) is 6.61 Å². The standard InChI is InChI=1S/C40H72NO8P/c1-3-5-7-9-11-13-15-17-19-21-23-25-27-29-31-33-40(43)49-38(37-48-50(44,45)47-35-34-41)36-46-39(42)32-30-28-26-24-22-20-18-16-14-12-10-8-6-4-2/h5,7,11,13,16-19,38H,3-4,6,8-10,12,14-15,20-37,41H2,1-2H3,(H,44,45)/b7-5+,13-11+,18-16+,19-17+/t38-/m1/s1. The van der Waals surface area contributed by atoms with Crippen LogP contribution < -0.4 is 5.73 Å². The van der Waals surface area contributed by atoms with Gasteiger partial charge in [0.2, 0.25) is 0 Å². The highest BCUT2D eigenvalue weighted by Gasteiger charge is 2.25. The van der Waals surface area contributed by atoms with E-state index in [1.807, 2.05) is 0 Å². The Morgan fingerprint density at radius 2 is 1.10 bits per heavy atom. The van der Waals surface area contributed by atoms with Gasteiger partial charge in [-0.05, 0) is 70.6 Å². The molecule has 9 nitrogen and oxygen atoms in total. The monoisotopic (exact) mass is 725 g/mol. The molecule has 0 spiro atoms. The van der Waals surface area contributed by atoms with Crippen molar-refractivity contribution in [2.75, 3.05) is 26.4 Å². The summed E-state index contributed by atoms with van der Waals surface area (Å²) in [5.74, 6) is -0.862. The molecule has 0 aromatic heterocycles. The van der Waals surface area contributed by atoms with Crippen molar-refractivity contribution < 1.29 is 37.6 Å². The fraction of sp³-hybridized carbons (Fsp3) is 0.750. The largest absolute Gasteiger partial charge is 0.472 e. The van der Waals surface area contributed by atoms with Crippen LogP contribution in [0.4, 0.5) is 0 Å². The van der Waals surface area contributed by atoms with Crippen LogP contribution in [0.3, 0.4) is 0 Å². The zero-order chi connectivity index (χ0) is 36.8.